The van der Waals surface area contributed by atoms with Gasteiger partial charge in [0, 0.05) is 23.4 Å². The first-order valence-corrected chi connectivity index (χ1v) is 7.89. The number of carbonyl (C=O) groups is 1. The van der Waals surface area contributed by atoms with E-state index < -0.39 is 0 Å². The van der Waals surface area contributed by atoms with Crippen molar-refractivity contribution in [2.45, 2.75) is 0 Å². The molecule has 0 unspecified atom stereocenters. The lowest BCUT2D eigenvalue weighted by molar-refractivity contribution is -0.115. The van der Waals surface area contributed by atoms with Gasteiger partial charge >= 0.3 is 0 Å². The summed E-state index contributed by atoms with van der Waals surface area (Å²) in [6.07, 6.45) is 3.81. The molecule has 1 aromatic carbocycles. The molecular formula is C15H12BrN3OS. The van der Waals surface area contributed by atoms with Crippen LogP contribution in [0.5, 0.6) is 0 Å². The molecule has 1 fully saturated rings. The zero-order chi connectivity index (χ0) is 14.8. The Kier molecular flexibility index (Phi) is 3.98. The van der Waals surface area contributed by atoms with Crippen molar-refractivity contribution in [1.29, 1.82) is 0 Å². The van der Waals surface area contributed by atoms with Crippen molar-refractivity contribution in [3.63, 3.8) is 0 Å². The number of amides is 1. The Hall–Kier alpha value is -1.79. The summed E-state index contributed by atoms with van der Waals surface area (Å²) < 4.78 is 2.92. The predicted octanol–water partition coefficient (Wildman–Crippen LogP) is 3.68. The van der Waals surface area contributed by atoms with Crippen LogP contribution >= 0.6 is 27.7 Å². The number of aromatic nitrogens is 1. The predicted molar refractivity (Wildman–Crippen MR) is 90.4 cm³/mol. The van der Waals surface area contributed by atoms with Crippen molar-refractivity contribution < 1.29 is 4.79 Å². The van der Waals surface area contributed by atoms with Gasteiger partial charge in [0.25, 0.3) is 5.91 Å². The van der Waals surface area contributed by atoms with Crippen LogP contribution in [0.25, 0.3) is 6.08 Å². The van der Waals surface area contributed by atoms with E-state index in [1.54, 1.807) is 0 Å². The number of aliphatic imine (C=N–C) groups is 1. The average Bonchev–Trinajstić information content (AvgIpc) is 2.98. The molecule has 1 aliphatic heterocycles. The lowest BCUT2D eigenvalue weighted by atomic mass is 10.3. The summed E-state index contributed by atoms with van der Waals surface area (Å²) in [6.45, 7) is 0. The van der Waals surface area contributed by atoms with Crippen LogP contribution < -0.4 is 5.32 Å². The van der Waals surface area contributed by atoms with Gasteiger partial charge in [0.05, 0.1) is 10.6 Å². The average molecular weight is 362 g/mol. The molecule has 4 nitrogen and oxygen atoms in total. The number of rotatable bonds is 2. The van der Waals surface area contributed by atoms with Gasteiger partial charge in [0.15, 0.2) is 5.17 Å². The number of aryl methyl sites for hydroxylation is 1. The minimum atomic E-state index is -0.116. The Morgan fingerprint density at radius 3 is 2.90 bits per heavy atom. The zero-order valence-electron chi connectivity index (χ0n) is 11.2. The van der Waals surface area contributed by atoms with E-state index in [1.165, 1.54) is 11.8 Å². The highest BCUT2D eigenvalue weighted by atomic mass is 79.9. The molecule has 0 aliphatic carbocycles. The molecular weight excluding hydrogens is 350 g/mol. The summed E-state index contributed by atoms with van der Waals surface area (Å²) in [4.78, 5) is 17.1. The van der Waals surface area contributed by atoms with Gasteiger partial charge in [-0.05, 0) is 48.2 Å². The molecule has 1 aliphatic rings. The minimum absolute atomic E-state index is 0.116. The number of halogens is 1. The topological polar surface area (TPSA) is 46.4 Å². The van der Waals surface area contributed by atoms with E-state index in [0.717, 1.165) is 15.9 Å². The van der Waals surface area contributed by atoms with Crippen molar-refractivity contribution in [3.05, 3.63) is 57.7 Å². The molecule has 0 bridgehead atoms. The Morgan fingerprint density at radius 2 is 2.19 bits per heavy atom. The SMILES string of the molecule is Cn1cccc1/C=C1/SC(=Nc2cccc(Br)c2)NC1=O. The van der Waals surface area contributed by atoms with Crippen LogP contribution in [-0.4, -0.2) is 15.6 Å². The van der Waals surface area contributed by atoms with Crippen LogP contribution in [0.1, 0.15) is 5.69 Å². The van der Waals surface area contributed by atoms with Crippen LogP contribution in [0.15, 0.2) is 57.0 Å². The second-order valence-corrected chi connectivity index (χ2v) is 6.45. The van der Waals surface area contributed by atoms with Gasteiger partial charge in [0.2, 0.25) is 0 Å². The number of hydrogen-bond acceptors (Lipinski definition) is 3. The van der Waals surface area contributed by atoms with Gasteiger partial charge in [-0.25, -0.2) is 4.99 Å². The normalized spacial score (nSPS) is 18.5. The van der Waals surface area contributed by atoms with E-state index in [0.29, 0.717) is 10.1 Å². The highest BCUT2D eigenvalue weighted by Crippen LogP contribution is 2.28. The van der Waals surface area contributed by atoms with Gasteiger partial charge < -0.3 is 9.88 Å². The van der Waals surface area contributed by atoms with E-state index >= 15 is 0 Å². The number of thioether (sulfide) groups is 1. The van der Waals surface area contributed by atoms with Gasteiger partial charge in [-0.15, -0.1) is 0 Å². The molecule has 1 aromatic heterocycles. The first-order valence-electron chi connectivity index (χ1n) is 6.28. The van der Waals surface area contributed by atoms with E-state index in [9.17, 15) is 4.79 Å². The van der Waals surface area contributed by atoms with Crippen LogP contribution in [0, 0.1) is 0 Å². The fraction of sp³-hybridized carbons (Fsp3) is 0.0667. The number of carbonyl (C=O) groups excluding carboxylic acids is 1. The molecule has 0 spiro atoms. The maximum absolute atomic E-state index is 12.0. The van der Waals surface area contributed by atoms with Crippen molar-refractivity contribution in [1.82, 2.24) is 9.88 Å². The molecule has 2 heterocycles. The smallest absolute Gasteiger partial charge is 0.264 e. The molecule has 6 heteroatoms. The number of benzene rings is 1. The fourth-order valence-electron chi connectivity index (χ4n) is 1.90. The van der Waals surface area contributed by atoms with E-state index in [1.807, 2.05) is 60.3 Å². The van der Waals surface area contributed by atoms with Crippen LogP contribution in [-0.2, 0) is 11.8 Å². The third kappa shape index (κ3) is 3.28. The van der Waals surface area contributed by atoms with Crippen LogP contribution in [0.2, 0.25) is 0 Å². The van der Waals surface area contributed by atoms with Crippen molar-refractivity contribution in [2.75, 3.05) is 0 Å². The summed E-state index contributed by atoms with van der Waals surface area (Å²) in [5.74, 6) is -0.116. The molecule has 1 amide bonds. The van der Waals surface area contributed by atoms with Crippen molar-refractivity contribution >= 4 is 50.5 Å². The Labute approximate surface area is 135 Å². The monoisotopic (exact) mass is 361 g/mol. The van der Waals surface area contributed by atoms with Gasteiger partial charge in [0.1, 0.15) is 0 Å². The zero-order valence-corrected chi connectivity index (χ0v) is 13.6. The largest absolute Gasteiger partial charge is 0.351 e. The molecule has 0 saturated carbocycles. The van der Waals surface area contributed by atoms with Crippen molar-refractivity contribution in [3.8, 4) is 0 Å². The van der Waals surface area contributed by atoms with Gasteiger partial charge in [-0.1, -0.05) is 22.0 Å². The molecule has 1 N–H and O–H groups in total. The molecule has 106 valence electrons. The highest BCUT2D eigenvalue weighted by Gasteiger charge is 2.24. The fourth-order valence-corrected chi connectivity index (χ4v) is 3.12. The van der Waals surface area contributed by atoms with Crippen molar-refractivity contribution in [2.24, 2.45) is 12.0 Å². The minimum Gasteiger partial charge on any atom is -0.351 e. The first-order chi connectivity index (χ1) is 10.1. The van der Waals surface area contributed by atoms with Gasteiger partial charge in [-0.3, -0.25) is 4.79 Å². The standard InChI is InChI=1S/C15H12BrN3OS/c1-19-7-3-6-12(19)9-13-14(20)18-15(21-13)17-11-5-2-4-10(16)8-11/h2-9H,1H3,(H,17,18,20)/b13-9+. The maximum atomic E-state index is 12.0. The highest BCUT2D eigenvalue weighted by molar-refractivity contribution is 9.10. The lowest BCUT2D eigenvalue weighted by Crippen LogP contribution is -2.19. The number of nitrogens with one attached hydrogen (secondary N) is 1. The maximum Gasteiger partial charge on any atom is 0.264 e. The summed E-state index contributed by atoms with van der Waals surface area (Å²) in [7, 11) is 1.94. The molecule has 2 aromatic rings. The summed E-state index contributed by atoms with van der Waals surface area (Å²) >= 11 is 4.75. The number of nitrogens with zero attached hydrogens (tertiary/aromatic N) is 2. The Morgan fingerprint density at radius 1 is 1.33 bits per heavy atom. The first kappa shape index (κ1) is 14.2. The second-order valence-electron chi connectivity index (χ2n) is 4.51. The van der Waals surface area contributed by atoms with Crippen LogP contribution in [0.4, 0.5) is 5.69 Å². The quantitative estimate of drug-likeness (QED) is 0.829. The summed E-state index contributed by atoms with van der Waals surface area (Å²) in [5, 5.41) is 3.38. The van der Waals surface area contributed by atoms with E-state index in [-0.39, 0.29) is 5.91 Å². The second kappa shape index (κ2) is 5.91. The third-order valence-corrected chi connectivity index (χ3v) is 4.36. The molecule has 21 heavy (non-hydrogen) atoms. The molecule has 3 rings (SSSR count). The van der Waals surface area contributed by atoms with E-state index in [4.69, 9.17) is 0 Å². The Bertz CT molecular complexity index is 764. The van der Waals surface area contributed by atoms with Gasteiger partial charge in [-0.2, -0.15) is 0 Å². The number of hydrogen-bond donors (Lipinski definition) is 1. The Balaban J connectivity index is 1.85. The number of amidine groups is 1. The summed E-state index contributed by atoms with van der Waals surface area (Å²) in [6, 6.07) is 11.5. The molecule has 1 saturated heterocycles. The lowest BCUT2D eigenvalue weighted by Gasteiger charge is -1.97. The van der Waals surface area contributed by atoms with Crippen LogP contribution in [0.3, 0.4) is 0 Å². The summed E-state index contributed by atoms with van der Waals surface area (Å²) in [5.41, 5.74) is 1.78. The van der Waals surface area contributed by atoms with E-state index in [2.05, 4.69) is 26.2 Å². The molecule has 0 atom stereocenters. The third-order valence-electron chi connectivity index (χ3n) is 2.95. The molecule has 0 radical (unpaired) electrons.